The van der Waals surface area contributed by atoms with Crippen LogP contribution in [0, 0.1) is 0 Å². The third kappa shape index (κ3) is 2.71. The first-order valence-corrected chi connectivity index (χ1v) is 8.28. The summed E-state index contributed by atoms with van der Waals surface area (Å²) in [6.07, 6.45) is 3.11. The van der Waals surface area contributed by atoms with E-state index in [-0.39, 0.29) is 11.7 Å². The predicted octanol–water partition coefficient (Wildman–Crippen LogP) is 3.69. The monoisotopic (exact) mass is 353 g/mol. The van der Waals surface area contributed by atoms with Gasteiger partial charge in [-0.3, -0.25) is 13.8 Å². The molecule has 5 nitrogen and oxygen atoms in total. The first-order chi connectivity index (χ1) is 12.2. The van der Waals surface area contributed by atoms with Crippen LogP contribution in [0.4, 0.5) is 0 Å². The molecule has 0 radical (unpaired) electrons. The van der Waals surface area contributed by atoms with Crippen LogP contribution in [-0.2, 0) is 11.3 Å². The van der Waals surface area contributed by atoms with E-state index in [2.05, 4.69) is 4.98 Å². The van der Waals surface area contributed by atoms with Crippen molar-refractivity contribution in [1.82, 2.24) is 14.0 Å². The SMILES string of the molecule is COC(Cn1c(=O)c2ccccc2n2cncc12)c1cccc(Cl)c1. The van der Waals surface area contributed by atoms with Crippen molar-refractivity contribution in [2.45, 2.75) is 12.6 Å². The van der Waals surface area contributed by atoms with Gasteiger partial charge < -0.3 is 4.74 Å². The molecule has 0 aliphatic carbocycles. The summed E-state index contributed by atoms with van der Waals surface area (Å²) < 4.78 is 9.26. The van der Waals surface area contributed by atoms with Crippen molar-refractivity contribution >= 4 is 28.2 Å². The topological polar surface area (TPSA) is 48.5 Å². The molecular formula is C19H16ClN3O2. The van der Waals surface area contributed by atoms with E-state index < -0.39 is 0 Å². The van der Waals surface area contributed by atoms with Crippen molar-refractivity contribution in [2.75, 3.05) is 7.11 Å². The van der Waals surface area contributed by atoms with Gasteiger partial charge in [0.15, 0.2) is 0 Å². The summed E-state index contributed by atoms with van der Waals surface area (Å²) in [4.78, 5) is 17.2. The molecule has 126 valence electrons. The number of para-hydroxylation sites is 1. The van der Waals surface area contributed by atoms with Gasteiger partial charge in [-0.05, 0) is 29.8 Å². The second kappa shape index (κ2) is 6.35. The number of rotatable bonds is 4. The van der Waals surface area contributed by atoms with Gasteiger partial charge in [0.1, 0.15) is 18.1 Å². The lowest BCUT2D eigenvalue weighted by Gasteiger charge is -2.19. The van der Waals surface area contributed by atoms with Crippen LogP contribution in [0.15, 0.2) is 65.8 Å². The quantitative estimate of drug-likeness (QED) is 0.562. The average Bonchev–Trinajstić information content (AvgIpc) is 3.12. The molecule has 0 aliphatic rings. The molecule has 1 atom stereocenters. The Kier molecular flexibility index (Phi) is 4.03. The Morgan fingerprint density at radius 3 is 2.84 bits per heavy atom. The van der Waals surface area contributed by atoms with Crippen molar-refractivity contribution in [2.24, 2.45) is 0 Å². The number of halogens is 1. The molecule has 2 aromatic heterocycles. The first-order valence-electron chi connectivity index (χ1n) is 7.91. The number of aromatic nitrogens is 3. The number of ether oxygens (including phenoxy) is 1. The van der Waals surface area contributed by atoms with Gasteiger partial charge in [0, 0.05) is 12.1 Å². The number of hydrogen-bond donors (Lipinski definition) is 0. The number of hydrogen-bond acceptors (Lipinski definition) is 3. The number of benzene rings is 2. The molecule has 0 N–H and O–H groups in total. The highest BCUT2D eigenvalue weighted by Crippen LogP contribution is 2.23. The summed E-state index contributed by atoms with van der Waals surface area (Å²) >= 11 is 6.10. The molecule has 0 spiro atoms. The molecule has 4 rings (SSSR count). The third-order valence-electron chi connectivity index (χ3n) is 4.39. The van der Waals surface area contributed by atoms with E-state index >= 15 is 0 Å². The van der Waals surface area contributed by atoms with Crippen LogP contribution in [-0.4, -0.2) is 21.1 Å². The first kappa shape index (κ1) is 15.9. The Morgan fingerprint density at radius 1 is 1.20 bits per heavy atom. The minimum absolute atomic E-state index is 0.0623. The smallest absolute Gasteiger partial charge is 0.261 e. The lowest BCUT2D eigenvalue weighted by Crippen LogP contribution is -2.26. The second-order valence-corrected chi connectivity index (χ2v) is 6.27. The van der Waals surface area contributed by atoms with Gasteiger partial charge in [-0.2, -0.15) is 0 Å². The Balaban J connectivity index is 1.89. The Bertz CT molecular complexity index is 1120. The van der Waals surface area contributed by atoms with Gasteiger partial charge in [-0.15, -0.1) is 0 Å². The standard InChI is InChI=1S/C19H16ClN3O2/c1-25-17(13-5-4-6-14(20)9-13)11-22-18-10-21-12-23(18)16-8-3-2-7-15(16)19(22)24/h2-10,12,17H,11H2,1H3. The van der Waals surface area contributed by atoms with E-state index in [1.54, 1.807) is 24.2 Å². The van der Waals surface area contributed by atoms with E-state index in [0.29, 0.717) is 17.0 Å². The van der Waals surface area contributed by atoms with Gasteiger partial charge >= 0.3 is 0 Å². The van der Waals surface area contributed by atoms with Crippen molar-refractivity contribution in [3.63, 3.8) is 0 Å². The zero-order chi connectivity index (χ0) is 17.4. The molecule has 0 amide bonds. The van der Waals surface area contributed by atoms with Crippen molar-refractivity contribution in [3.8, 4) is 0 Å². The molecule has 6 heteroatoms. The van der Waals surface area contributed by atoms with Crippen molar-refractivity contribution < 1.29 is 4.74 Å². The van der Waals surface area contributed by atoms with Crippen LogP contribution >= 0.6 is 11.6 Å². The van der Waals surface area contributed by atoms with Crippen molar-refractivity contribution in [3.05, 3.63) is 82.0 Å². The predicted molar refractivity (Wildman–Crippen MR) is 98.2 cm³/mol. The number of nitrogens with zero attached hydrogens (tertiary/aromatic N) is 3. The molecule has 4 aromatic rings. The largest absolute Gasteiger partial charge is 0.375 e. The molecule has 0 fully saturated rings. The fourth-order valence-corrected chi connectivity index (χ4v) is 3.35. The highest BCUT2D eigenvalue weighted by atomic mass is 35.5. The number of fused-ring (bicyclic) bond motifs is 3. The van der Waals surface area contributed by atoms with E-state index in [9.17, 15) is 4.79 Å². The fraction of sp³-hybridized carbons (Fsp3) is 0.158. The van der Waals surface area contributed by atoms with Crippen LogP contribution in [0.25, 0.3) is 16.6 Å². The molecule has 25 heavy (non-hydrogen) atoms. The van der Waals surface area contributed by atoms with E-state index in [1.807, 2.05) is 52.9 Å². The summed E-state index contributed by atoms with van der Waals surface area (Å²) in [6, 6.07) is 15.0. The van der Waals surface area contributed by atoms with Crippen molar-refractivity contribution in [1.29, 1.82) is 0 Å². The molecule has 0 bridgehead atoms. The van der Waals surface area contributed by atoms with Gasteiger partial charge in [-0.1, -0.05) is 35.9 Å². The highest BCUT2D eigenvalue weighted by Gasteiger charge is 2.17. The van der Waals surface area contributed by atoms with Crippen LogP contribution in [0.3, 0.4) is 0 Å². The minimum atomic E-state index is -0.295. The Morgan fingerprint density at radius 2 is 2.04 bits per heavy atom. The van der Waals surface area contributed by atoms with Gasteiger partial charge in [0.25, 0.3) is 5.56 Å². The molecule has 1 unspecified atom stereocenters. The molecule has 2 heterocycles. The zero-order valence-corrected chi connectivity index (χ0v) is 14.3. The maximum atomic E-state index is 13.0. The number of imidazole rings is 1. The maximum absolute atomic E-state index is 13.0. The Labute approximate surface area is 149 Å². The third-order valence-corrected chi connectivity index (χ3v) is 4.62. The lowest BCUT2D eigenvalue weighted by molar-refractivity contribution is 0.0880. The summed E-state index contributed by atoms with van der Waals surface area (Å²) in [5, 5.41) is 1.29. The molecule has 0 saturated heterocycles. The lowest BCUT2D eigenvalue weighted by atomic mass is 10.1. The molecular weight excluding hydrogens is 338 g/mol. The normalized spacial score (nSPS) is 12.7. The maximum Gasteiger partial charge on any atom is 0.261 e. The summed E-state index contributed by atoms with van der Waals surface area (Å²) in [5.41, 5.74) is 2.43. The zero-order valence-electron chi connectivity index (χ0n) is 13.6. The second-order valence-electron chi connectivity index (χ2n) is 5.83. The number of methoxy groups -OCH3 is 1. The van der Waals surface area contributed by atoms with Crippen LogP contribution in [0.1, 0.15) is 11.7 Å². The van der Waals surface area contributed by atoms with E-state index in [1.165, 1.54) is 0 Å². The van der Waals surface area contributed by atoms with Crippen LogP contribution < -0.4 is 5.56 Å². The molecule has 0 saturated carbocycles. The van der Waals surface area contributed by atoms with Crippen LogP contribution in [0.2, 0.25) is 5.02 Å². The summed E-state index contributed by atoms with van der Waals surface area (Å²) in [6.45, 7) is 0.371. The Hall–Kier alpha value is -2.63. The van der Waals surface area contributed by atoms with E-state index in [0.717, 1.165) is 16.7 Å². The summed E-state index contributed by atoms with van der Waals surface area (Å²) in [7, 11) is 1.63. The highest BCUT2D eigenvalue weighted by molar-refractivity contribution is 6.30. The van der Waals surface area contributed by atoms with Crippen LogP contribution in [0.5, 0.6) is 0 Å². The van der Waals surface area contributed by atoms with E-state index in [4.69, 9.17) is 16.3 Å². The van der Waals surface area contributed by atoms with Gasteiger partial charge in [0.05, 0.1) is 23.6 Å². The minimum Gasteiger partial charge on any atom is -0.375 e. The fourth-order valence-electron chi connectivity index (χ4n) is 3.15. The molecule has 0 aliphatic heterocycles. The van der Waals surface area contributed by atoms with Gasteiger partial charge in [0.2, 0.25) is 0 Å². The van der Waals surface area contributed by atoms with Gasteiger partial charge in [-0.25, -0.2) is 4.98 Å². The summed E-state index contributed by atoms with van der Waals surface area (Å²) in [5.74, 6) is 0. The molecule has 2 aromatic carbocycles. The average molecular weight is 354 g/mol.